The predicted octanol–water partition coefficient (Wildman–Crippen LogP) is 0.156. The molecule has 0 aliphatic rings. The monoisotopic (exact) mass is 227 g/mol. The Balaban J connectivity index is 2.56. The molecule has 1 rings (SSSR count). The van der Waals surface area contributed by atoms with Crippen LogP contribution < -0.4 is 5.32 Å². The molecule has 1 heterocycles. The van der Waals surface area contributed by atoms with Crippen molar-refractivity contribution in [3.8, 4) is 0 Å². The number of hydrogen-bond donors (Lipinski definition) is 1. The average molecular weight is 227 g/mol. The molecule has 0 aliphatic heterocycles. The van der Waals surface area contributed by atoms with E-state index in [1.54, 1.807) is 7.05 Å². The minimum absolute atomic E-state index is 0.147. The number of ether oxygens (including phenoxy) is 1. The lowest BCUT2D eigenvalue weighted by Crippen LogP contribution is -2.41. The van der Waals surface area contributed by atoms with Gasteiger partial charge in [0.25, 0.3) is 0 Å². The topological polar surface area (TPSA) is 64.9 Å². The number of aryl methyl sites for hydroxylation is 1. The molecule has 1 aromatic heterocycles. The van der Waals surface area contributed by atoms with Crippen LogP contribution in [-0.2, 0) is 18.2 Å². The van der Waals surface area contributed by atoms with Crippen molar-refractivity contribution in [3.63, 3.8) is 0 Å². The first-order valence-electron chi connectivity index (χ1n) is 5.75. The molecule has 0 amide bonds. The molecule has 6 heteroatoms. The van der Waals surface area contributed by atoms with Crippen molar-refractivity contribution < 1.29 is 4.74 Å². The summed E-state index contributed by atoms with van der Waals surface area (Å²) in [6.45, 7) is 7.77. The van der Waals surface area contributed by atoms with Crippen molar-refractivity contribution in [3.05, 3.63) is 5.82 Å². The minimum atomic E-state index is 0.147. The number of hydrogen-bond acceptors (Lipinski definition) is 5. The molecule has 6 nitrogen and oxygen atoms in total. The molecule has 2 unspecified atom stereocenters. The van der Waals surface area contributed by atoms with E-state index in [9.17, 15) is 0 Å². The Morgan fingerprint density at radius 2 is 2.19 bits per heavy atom. The van der Waals surface area contributed by atoms with Gasteiger partial charge in [0.1, 0.15) is 0 Å². The fourth-order valence-corrected chi connectivity index (χ4v) is 1.65. The lowest BCUT2D eigenvalue weighted by Gasteiger charge is -2.23. The van der Waals surface area contributed by atoms with Crippen molar-refractivity contribution in [2.45, 2.75) is 39.3 Å². The van der Waals surface area contributed by atoms with Gasteiger partial charge in [0.2, 0.25) is 0 Å². The number of rotatable bonds is 7. The Labute approximate surface area is 96.4 Å². The van der Waals surface area contributed by atoms with Crippen LogP contribution in [0.3, 0.4) is 0 Å². The van der Waals surface area contributed by atoms with Gasteiger partial charge >= 0.3 is 0 Å². The van der Waals surface area contributed by atoms with Crippen molar-refractivity contribution >= 4 is 0 Å². The first-order chi connectivity index (χ1) is 7.67. The van der Waals surface area contributed by atoms with Crippen LogP contribution in [0.2, 0.25) is 0 Å². The van der Waals surface area contributed by atoms with Crippen molar-refractivity contribution in [2.75, 3.05) is 13.2 Å². The second kappa shape index (κ2) is 6.55. The van der Waals surface area contributed by atoms with Gasteiger partial charge in [-0.05, 0) is 25.6 Å². The highest BCUT2D eigenvalue weighted by Crippen LogP contribution is 2.04. The number of likely N-dealkylation sites (N-methyl/N-ethyl adjacent to an activating group) is 1. The number of nitrogens with one attached hydrogen (secondary N) is 1. The zero-order chi connectivity index (χ0) is 12.0. The molecule has 1 aromatic rings. The van der Waals surface area contributed by atoms with Gasteiger partial charge < -0.3 is 10.1 Å². The number of aromatic nitrogens is 4. The fourth-order valence-electron chi connectivity index (χ4n) is 1.65. The van der Waals surface area contributed by atoms with E-state index in [0.717, 1.165) is 25.4 Å². The van der Waals surface area contributed by atoms with Gasteiger partial charge in [0.05, 0.1) is 13.2 Å². The fraction of sp³-hybridized carbons (Fsp3) is 0.900. The van der Waals surface area contributed by atoms with Crippen LogP contribution in [-0.4, -0.2) is 45.5 Å². The van der Waals surface area contributed by atoms with Crippen molar-refractivity contribution in [1.29, 1.82) is 0 Å². The summed E-state index contributed by atoms with van der Waals surface area (Å²) in [4.78, 5) is 1.48. The van der Waals surface area contributed by atoms with Gasteiger partial charge in [0.15, 0.2) is 5.82 Å². The van der Waals surface area contributed by atoms with E-state index in [1.807, 2.05) is 6.92 Å². The maximum Gasteiger partial charge on any atom is 0.176 e. The molecule has 0 saturated heterocycles. The summed E-state index contributed by atoms with van der Waals surface area (Å²) in [6.07, 6.45) is 0.886. The van der Waals surface area contributed by atoms with Crippen LogP contribution in [0.4, 0.5) is 0 Å². The molecule has 0 spiro atoms. The second-order valence-corrected chi connectivity index (χ2v) is 3.72. The maximum absolute atomic E-state index is 5.59. The molecule has 92 valence electrons. The van der Waals surface area contributed by atoms with E-state index in [4.69, 9.17) is 4.74 Å². The SMILES string of the molecule is CCNC(Cc1nnn(C)n1)C(C)OCC. The van der Waals surface area contributed by atoms with E-state index >= 15 is 0 Å². The van der Waals surface area contributed by atoms with E-state index in [-0.39, 0.29) is 12.1 Å². The van der Waals surface area contributed by atoms with Gasteiger partial charge in [-0.15, -0.1) is 10.2 Å². The maximum atomic E-state index is 5.59. The second-order valence-electron chi connectivity index (χ2n) is 3.72. The van der Waals surface area contributed by atoms with Gasteiger partial charge in [0, 0.05) is 19.1 Å². The minimum Gasteiger partial charge on any atom is -0.377 e. The van der Waals surface area contributed by atoms with Crippen LogP contribution in [0.25, 0.3) is 0 Å². The molecule has 0 bridgehead atoms. The molecule has 0 aliphatic carbocycles. The van der Waals surface area contributed by atoms with Gasteiger partial charge in [-0.3, -0.25) is 0 Å². The standard InChI is InChI=1S/C10H21N5O/c1-5-11-9(8(3)16-6-2)7-10-12-14-15(4)13-10/h8-9,11H,5-7H2,1-4H3. The van der Waals surface area contributed by atoms with Gasteiger partial charge in [-0.25, -0.2) is 0 Å². The smallest absolute Gasteiger partial charge is 0.176 e. The van der Waals surface area contributed by atoms with Crippen molar-refractivity contribution in [2.24, 2.45) is 7.05 Å². The first-order valence-corrected chi connectivity index (χ1v) is 5.75. The van der Waals surface area contributed by atoms with E-state index in [2.05, 4.69) is 34.6 Å². The van der Waals surface area contributed by atoms with Crippen LogP contribution in [0, 0.1) is 0 Å². The summed E-state index contributed by atoms with van der Waals surface area (Å²) >= 11 is 0. The highest BCUT2D eigenvalue weighted by molar-refractivity contribution is 4.87. The largest absolute Gasteiger partial charge is 0.377 e. The molecular formula is C10H21N5O. The summed E-state index contributed by atoms with van der Waals surface area (Å²) in [6, 6.07) is 0.231. The third-order valence-corrected chi connectivity index (χ3v) is 2.41. The summed E-state index contributed by atoms with van der Waals surface area (Å²) in [7, 11) is 1.77. The molecule has 0 radical (unpaired) electrons. The highest BCUT2D eigenvalue weighted by Gasteiger charge is 2.19. The highest BCUT2D eigenvalue weighted by atomic mass is 16.5. The summed E-state index contributed by atoms with van der Waals surface area (Å²) in [5.41, 5.74) is 0. The number of nitrogens with zero attached hydrogens (tertiary/aromatic N) is 4. The Bertz CT molecular complexity index is 301. The van der Waals surface area contributed by atoms with Crippen LogP contribution in [0.1, 0.15) is 26.6 Å². The lowest BCUT2D eigenvalue weighted by atomic mass is 10.1. The Morgan fingerprint density at radius 1 is 1.44 bits per heavy atom. The Morgan fingerprint density at radius 3 is 2.69 bits per heavy atom. The normalized spacial score (nSPS) is 15.0. The van der Waals surface area contributed by atoms with E-state index < -0.39 is 0 Å². The van der Waals surface area contributed by atoms with E-state index in [1.165, 1.54) is 4.80 Å². The predicted molar refractivity (Wildman–Crippen MR) is 61.1 cm³/mol. The molecule has 0 aromatic carbocycles. The van der Waals surface area contributed by atoms with Gasteiger partial charge in [-0.2, -0.15) is 4.80 Å². The Kier molecular flexibility index (Phi) is 5.34. The quantitative estimate of drug-likeness (QED) is 0.718. The molecule has 0 saturated carbocycles. The molecule has 1 N–H and O–H groups in total. The lowest BCUT2D eigenvalue weighted by molar-refractivity contribution is 0.0475. The van der Waals surface area contributed by atoms with Crippen molar-refractivity contribution in [1.82, 2.24) is 25.5 Å². The van der Waals surface area contributed by atoms with Gasteiger partial charge in [-0.1, -0.05) is 6.92 Å². The molecule has 2 atom stereocenters. The summed E-state index contributed by atoms with van der Waals surface area (Å²) in [5.74, 6) is 0.750. The summed E-state index contributed by atoms with van der Waals surface area (Å²) in [5, 5.41) is 15.4. The third-order valence-electron chi connectivity index (χ3n) is 2.41. The van der Waals surface area contributed by atoms with E-state index in [0.29, 0.717) is 0 Å². The molecule has 16 heavy (non-hydrogen) atoms. The van der Waals surface area contributed by atoms with Crippen LogP contribution in [0.5, 0.6) is 0 Å². The molecule has 0 fully saturated rings. The zero-order valence-corrected chi connectivity index (χ0v) is 10.5. The van der Waals surface area contributed by atoms with Crippen LogP contribution in [0.15, 0.2) is 0 Å². The average Bonchev–Trinajstić information content (AvgIpc) is 2.64. The summed E-state index contributed by atoms with van der Waals surface area (Å²) < 4.78 is 5.59. The molecular weight excluding hydrogens is 206 g/mol. The Hall–Kier alpha value is -1.01. The first kappa shape index (κ1) is 13.1. The van der Waals surface area contributed by atoms with Crippen LogP contribution >= 0.6 is 0 Å². The number of tetrazole rings is 1. The zero-order valence-electron chi connectivity index (χ0n) is 10.5. The third kappa shape index (κ3) is 3.86.